The minimum Gasteiger partial charge on any atom is -0.337 e. The van der Waals surface area contributed by atoms with Crippen LogP contribution in [0.5, 0.6) is 0 Å². The summed E-state index contributed by atoms with van der Waals surface area (Å²) < 4.78 is 0. The highest BCUT2D eigenvalue weighted by atomic mass is 16.6. The van der Waals surface area contributed by atoms with Crippen LogP contribution in [0.15, 0.2) is 43.0 Å². The molecule has 5 nitrogen and oxygen atoms in total. The lowest BCUT2D eigenvalue weighted by Gasteiger charge is -2.31. The van der Waals surface area contributed by atoms with E-state index in [1.165, 1.54) is 0 Å². The molecule has 1 aromatic carbocycles. The van der Waals surface area contributed by atoms with Crippen LogP contribution in [0, 0.1) is 5.92 Å². The predicted octanol–water partition coefficient (Wildman–Crippen LogP) is 1.08. The zero-order chi connectivity index (χ0) is 15.4. The molecule has 2 aliphatic heterocycles. The largest absolute Gasteiger partial charge is 0.337 e. The molecule has 22 heavy (non-hydrogen) atoms. The third kappa shape index (κ3) is 3.38. The van der Waals surface area contributed by atoms with E-state index in [4.69, 9.17) is 4.84 Å². The number of nitrogens with one attached hydrogen (secondary N) is 2. The molecule has 0 aliphatic carbocycles. The number of nitrogens with zero attached hydrogens (tertiary/aromatic N) is 1. The van der Waals surface area contributed by atoms with Gasteiger partial charge in [-0.25, -0.2) is 0 Å². The molecule has 1 aromatic rings. The zero-order valence-electron chi connectivity index (χ0n) is 12.7. The number of hydrogen-bond donors (Lipinski definition) is 2. The van der Waals surface area contributed by atoms with E-state index in [1.807, 2.05) is 35.2 Å². The van der Waals surface area contributed by atoms with Gasteiger partial charge in [-0.1, -0.05) is 36.4 Å². The van der Waals surface area contributed by atoms with Crippen LogP contribution in [-0.4, -0.2) is 42.5 Å². The lowest BCUT2D eigenvalue weighted by molar-refractivity contribution is -0.129. The van der Waals surface area contributed by atoms with Gasteiger partial charge in [0.15, 0.2) is 0 Å². The van der Waals surface area contributed by atoms with Crippen molar-refractivity contribution in [1.29, 1.82) is 0 Å². The van der Waals surface area contributed by atoms with Gasteiger partial charge in [0, 0.05) is 31.6 Å². The highest BCUT2D eigenvalue weighted by Gasteiger charge is 2.43. The molecule has 118 valence electrons. The summed E-state index contributed by atoms with van der Waals surface area (Å²) in [4.78, 5) is 19.7. The van der Waals surface area contributed by atoms with Gasteiger partial charge in [-0.2, -0.15) is 5.48 Å². The van der Waals surface area contributed by atoms with Crippen molar-refractivity contribution in [3.05, 3.63) is 48.6 Å². The third-order valence-corrected chi connectivity index (χ3v) is 4.36. The first-order chi connectivity index (χ1) is 10.8. The molecule has 0 unspecified atom stereocenters. The van der Waals surface area contributed by atoms with Crippen LogP contribution in [-0.2, 0) is 16.2 Å². The van der Waals surface area contributed by atoms with Gasteiger partial charge in [-0.3, -0.25) is 9.63 Å². The second-order valence-corrected chi connectivity index (χ2v) is 6.00. The number of benzene rings is 1. The molecule has 3 atom stereocenters. The monoisotopic (exact) mass is 301 g/mol. The van der Waals surface area contributed by atoms with Gasteiger partial charge in [0.2, 0.25) is 5.91 Å². The summed E-state index contributed by atoms with van der Waals surface area (Å²) in [6, 6.07) is 10.3. The molecular weight excluding hydrogens is 278 g/mol. The number of fused-ring (bicyclic) bond motifs is 1. The maximum atomic E-state index is 12.2. The van der Waals surface area contributed by atoms with Gasteiger partial charge < -0.3 is 10.2 Å². The van der Waals surface area contributed by atoms with E-state index in [-0.39, 0.29) is 18.0 Å². The van der Waals surface area contributed by atoms with Crippen LogP contribution < -0.4 is 10.8 Å². The average Bonchev–Trinajstić information content (AvgIpc) is 2.85. The smallest absolute Gasteiger partial charge is 0.240 e. The molecule has 2 N–H and O–H groups in total. The molecule has 2 fully saturated rings. The van der Waals surface area contributed by atoms with Crippen molar-refractivity contribution in [1.82, 2.24) is 15.7 Å². The van der Waals surface area contributed by atoms with E-state index in [1.54, 1.807) is 6.08 Å². The van der Waals surface area contributed by atoms with Crippen LogP contribution in [0.3, 0.4) is 0 Å². The summed E-state index contributed by atoms with van der Waals surface area (Å²) in [7, 11) is 0. The molecule has 3 rings (SSSR count). The standard InChI is InChI=1S/C17H23N3O2/c1-2-8-20-11-14-9-15(10-18-16(14)17(20)21)19-22-12-13-6-4-3-5-7-13/h2-7,14-16,18-19H,1,8-12H2/t14-,15+,16-/m0/s1. The Balaban J connectivity index is 1.46. The van der Waals surface area contributed by atoms with E-state index < -0.39 is 0 Å². The van der Waals surface area contributed by atoms with Crippen molar-refractivity contribution in [2.75, 3.05) is 19.6 Å². The Labute approximate surface area is 131 Å². The minimum absolute atomic E-state index is 0.0351. The van der Waals surface area contributed by atoms with Crippen molar-refractivity contribution in [3.63, 3.8) is 0 Å². The molecule has 0 aromatic heterocycles. The first kappa shape index (κ1) is 15.2. The lowest BCUT2D eigenvalue weighted by atomic mass is 9.91. The van der Waals surface area contributed by atoms with Crippen LogP contribution in [0.2, 0.25) is 0 Å². The summed E-state index contributed by atoms with van der Waals surface area (Å²) in [5.74, 6) is 0.549. The fraction of sp³-hybridized carbons (Fsp3) is 0.471. The Bertz CT molecular complexity index is 520. The zero-order valence-corrected chi connectivity index (χ0v) is 12.7. The van der Waals surface area contributed by atoms with Crippen molar-refractivity contribution < 1.29 is 9.63 Å². The molecule has 0 spiro atoms. The molecule has 0 bridgehead atoms. The average molecular weight is 301 g/mol. The van der Waals surface area contributed by atoms with Crippen LogP contribution >= 0.6 is 0 Å². The highest BCUT2D eigenvalue weighted by molar-refractivity contribution is 5.84. The number of carbonyl (C=O) groups excluding carboxylic acids is 1. The maximum absolute atomic E-state index is 12.2. The minimum atomic E-state index is -0.0351. The van der Waals surface area contributed by atoms with E-state index in [2.05, 4.69) is 17.4 Å². The lowest BCUT2D eigenvalue weighted by Crippen LogP contribution is -2.53. The molecule has 0 radical (unpaired) electrons. The van der Waals surface area contributed by atoms with Crippen LogP contribution in [0.1, 0.15) is 12.0 Å². The van der Waals surface area contributed by atoms with E-state index >= 15 is 0 Å². The molecular formula is C17H23N3O2. The first-order valence-electron chi connectivity index (χ1n) is 7.82. The fourth-order valence-electron chi connectivity index (χ4n) is 3.29. The normalized spacial score (nSPS) is 27.7. The van der Waals surface area contributed by atoms with Crippen molar-refractivity contribution in [2.24, 2.45) is 5.92 Å². The van der Waals surface area contributed by atoms with E-state index in [0.717, 1.165) is 25.1 Å². The maximum Gasteiger partial charge on any atom is 0.240 e. The van der Waals surface area contributed by atoms with Crippen LogP contribution in [0.4, 0.5) is 0 Å². The Morgan fingerprint density at radius 1 is 1.41 bits per heavy atom. The molecule has 2 saturated heterocycles. The molecule has 0 saturated carbocycles. The number of hydrogen-bond acceptors (Lipinski definition) is 4. The van der Waals surface area contributed by atoms with E-state index in [0.29, 0.717) is 19.1 Å². The summed E-state index contributed by atoms with van der Waals surface area (Å²) in [6.07, 6.45) is 2.74. The number of amides is 1. The van der Waals surface area contributed by atoms with Gasteiger partial charge in [0.25, 0.3) is 0 Å². The number of hydroxylamine groups is 1. The molecule has 1 amide bonds. The number of likely N-dealkylation sites (tertiary alicyclic amines) is 1. The van der Waals surface area contributed by atoms with Gasteiger partial charge in [-0.05, 0) is 12.0 Å². The number of rotatable bonds is 6. The third-order valence-electron chi connectivity index (χ3n) is 4.36. The quantitative estimate of drug-likeness (QED) is 0.610. The Kier molecular flexibility index (Phi) is 4.87. The Morgan fingerprint density at radius 2 is 2.23 bits per heavy atom. The summed E-state index contributed by atoms with van der Waals surface area (Å²) >= 11 is 0. The van der Waals surface area contributed by atoms with Gasteiger partial charge in [0.1, 0.15) is 0 Å². The second kappa shape index (κ2) is 7.05. The predicted molar refractivity (Wildman–Crippen MR) is 84.8 cm³/mol. The van der Waals surface area contributed by atoms with Gasteiger partial charge in [-0.15, -0.1) is 6.58 Å². The number of piperidine rings is 1. The summed E-state index contributed by atoms with van der Waals surface area (Å²) in [5, 5.41) is 3.35. The Hall–Kier alpha value is -1.69. The van der Waals surface area contributed by atoms with Gasteiger partial charge in [0.05, 0.1) is 12.6 Å². The molecule has 5 heteroatoms. The Morgan fingerprint density at radius 3 is 3.00 bits per heavy atom. The first-order valence-corrected chi connectivity index (χ1v) is 7.82. The molecule has 2 heterocycles. The van der Waals surface area contributed by atoms with Crippen molar-refractivity contribution >= 4 is 5.91 Å². The van der Waals surface area contributed by atoms with Gasteiger partial charge >= 0.3 is 0 Å². The van der Waals surface area contributed by atoms with Crippen molar-refractivity contribution in [3.8, 4) is 0 Å². The highest BCUT2D eigenvalue weighted by Crippen LogP contribution is 2.26. The topological polar surface area (TPSA) is 53.6 Å². The van der Waals surface area contributed by atoms with Crippen molar-refractivity contribution in [2.45, 2.75) is 25.1 Å². The number of carbonyl (C=O) groups is 1. The second-order valence-electron chi connectivity index (χ2n) is 6.00. The summed E-state index contributed by atoms with van der Waals surface area (Å²) in [6.45, 7) is 6.46. The SMILES string of the molecule is C=CCN1C[C@@H]2C[C@@H](NOCc3ccccc3)CN[C@@H]2C1=O. The fourth-order valence-corrected chi connectivity index (χ4v) is 3.29. The summed E-state index contributed by atoms with van der Waals surface area (Å²) in [5.41, 5.74) is 4.28. The van der Waals surface area contributed by atoms with Crippen LogP contribution in [0.25, 0.3) is 0 Å². The van der Waals surface area contributed by atoms with E-state index in [9.17, 15) is 4.79 Å². The molecule has 2 aliphatic rings.